The fraction of sp³-hybridized carbons (Fsp3) is 0.933. The zero-order valence-electron chi connectivity index (χ0n) is 13.5. The van der Waals surface area contributed by atoms with Crippen molar-refractivity contribution >= 4 is 5.91 Å². The van der Waals surface area contributed by atoms with Crippen molar-refractivity contribution in [1.29, 1.82) is 0 Å². The summed E-state index contributed by atoms with van der Waals surface area (Å²) >= 11 is 0. The molecule has 118 valence electrons. The largest absolute Gasteiger partial charge is 0.379 e. The van der Waals surface area contributed by atoms with Gasteiger partial charge < -0.3 is 20.3 Å². The van der Waals surface area contributed by atoms with Gasteiger partial charge in [0, 0.05) is 19.1 Å². The van der Waals surface area contributed by atoms with Crippen molar-refractivity contribution in [2.75, 3.05) is 45.9 Å². The highest BCUT2D eigenvalue weighted by molar-refractivity contribution is 5.83. The zero-order valence-corrected chi connectivity index (χ0v) is 13.5. The molecule has 1 aliphatic rings. The van der Waals surface area contributed by atoms with Crippen LogP contribution in [0.2, 0.25) is 0 Å². The van der Waals surface area contributed by atoms with E-state index >= 15 is 0 Å². The third kappa shape index (κ3) is 3.93. The molecule has 0 aromatic carbocycles. The maximum absolute atomic E-state index is 12.7. The highest BCUT2D eigenvalue weighted by Gasteiger charge is 2.46. The van der Waals surface area contributed by atoms with Crippen molar-refractivity contribution in [3.63, 3.8) is 0 Å². The topological polar surface area (TPSA) is 58.8 Å². The minimum atomic E-state index is -0.550. The van der Waals surface area contributed by atoms with Gasteiger partial charge in [-0.3, -0.25) is 4.79 Å². The van der Waals surface area contributed by atoms with Crippen LogP contribution < -0.4 is 5.73 Å². The molecule has 0 aliphatic carbocycles. The number of carbonyl (C=O) groups is 1. The van der Waals surface area contributed by atoms with Gasteiger partial charge in [-0.1, -0.05) is 13.8 Å². The Morgan fingerprint density at radius 1 is 1.25 bits per heavy atom. The second-order valence-electron chi connectivity index (χ2n) is 5.80. The number of rotatable bonds is 8. The van der Waals surface area contributed by atoms with Crippen LogP contribution >= 0.6 is 0 Å². The first-order chi connectivity index (χ1) is 9.49. The van der Waals surface area contributed by atoms with Gasteiger partial charge in [-0.2, -0.15) is 0 Å². The second kappa shape index (κ2) is 7.96. The second-order valence-corrected chi connectivity index (χ2v) is 5.80. The van der Waals surface area contributed by atoms with Crippen LogP contribution in [0.4, 0.5) is 0 Å². The molecule has 0 spiro atoms. The standard InChI is InChI=1S/C15H31N3O2/c1-5-17(6-2)9-8-10-18(7-3)14(19)15(4)12-20-11-13(15)16/h13H,5-12,16H2,1-4H3. The molecule has 2 unspecified atom stereocenters. The van der Waals surface area contributed by atoms with E-state index in [0.29, 0.717) is 13.2 Å². The quantitative estimate of drug-likeness (QED) is 0.721. The number of nitrogens with two attached hydrogens (primary N) is 1. The SMILES string of the molecule is CCN(CC)CCCN(CC)C(=O)C1(C)COCC1N. The van der Waals surface area contributed by atoms with Gasteiger partial charge in [-0.15, -0.1) is 0 Å². The van der Waals surface area contributed by atoms with Gasteiger partial charge in [0.25, 0.3) is 0 Å². The van der Waals surface area contributed by atoms with Crippen molar-refractivity contribution < 1.29 is 9.53 Å². The molecule has 1 amide bonds. The molecule has 0 bridgehead atoms. The van der Waals surface area contributed by atoms with E-state index in [9.17, 15) is 4.79 Å². The summed E-state index contributed by atoms with van der Waals surface area (Å²) in [6, 6.07) is -0.188. The molecular weight excluding hydrogens is 254 g/mol. The van der Waals surface area contributed by atoms with E-state index in [1.54, 1.807) is 0 Å². The minimum Gasteiger partial charge on any atom is -0.379 e. The molecule has 0 aromatic heterocycles. The maximum atomic E-state index is 12.7. The fourth-order valence-corrected chi connectivity index (χ4v) is 2.70. The van der Waals surface area contributed by atoms with Gasteiger partial charge in [-0.25, -0.2) is 0 Å². The lowest BCUT2D eigenvalue weighted by Crippen LogP contribution is -2.51. The third-order valence-electron chi connectivity index (χ3n) is 4.47. The van der Waals surface area contributed by atoms with Gasteiger partial charge in [0.05, 0.1) is 18.6 Å². The van der Waals surface area contributed by atoms with Gasteiger partial charge in [0.2, 0.25) is 5.91 Å². The molecule has 5 nitrogen and oxygen atoms in total. The zero-order chi connectivity index (χ0) is 15.2. The number of amides is 1. The Hall–Kier alpha value is -0.650. The number of carbonyl (C=O) groups excluding carboxylic acids is 1. The Morgan fingerprint density at radius 2 is 1.90 bits per heavy atom. The first-order valence-corrected chi connectivity index (χ1v) is 7.84. The molecule has 1 aliphatic heterocycles. The van der Waals surface area contributed by atoms with E-state index in [-0.39, 0.29) is 11.9 Å². The van der Waals surface area contributed by atoms with Gasteiger partial charge in [-0.05, 0) is 39.9 Å². The van der Waals surface area contributed by atoms with Gasteiger partial charge >= 0.3 is 0 Å². The van der Waals surface area contributed by atoms with Crippen LogP contribution in [0.5, 0.6) is 0 Å². The maximum Gasteiger partial charge on any atom is 0.232 e. The number of nitrogens with zero attached hydrogens (tertiary/aromatic N) is 2. The molecule has 20 heavy (non-hydrogen) atoms. The van der Waals surface area contributed by atoms with E-state index in [1.807, 2.05) is 18.7 Å². The van der Waals surface area contributed by atoms with Crippen LogP contribution in [0, 0.1) is 5.41 Å². The number of hydrogen-bond donors (Lipinski definition) is 1. The van der Waals surface area contributed by atoms with Crippen LogP contribution in [0.1, 0.15) is 34.1 Å². The summed E-state index contributed by atoms with van der Waals surface area (Å²) in [7, 11) is 0. The van der Waals surface area contributed by atoms with Crippen molar-refractivity contribution in [3.8, 4) is 0 Å². The predicted octanol–water partition coefficient (Wildman–Crippen LogP) is 0.931. The monoisotopic (exact) mass is 285 g/mol. The van der Waals surface area contributed by atoms with Crippen LogP contribution in [0.3, 0.4) is 0 Å². The summed E-state index contributed by atoms with van der Waals surface area (Å²) < 4.78 is 5.38. The van der Waals surface area contributed by atoms with E-state index in [0.717, 1.165) is 39.1 Å². The van der Waals surface area contributed by atoms with Crippen molar-refractivity contribution in [1.82, 2.24) is 9.80 Å². The summed E-state index contributed by atoms with van der Waals surface area (Å²) in [5.74, 6) is 0.143. The summed E-state index contributed by atoms with van der Waals surface area (Å²) in [6.45, 7) is 13.9. The Balaban J connectivity index is 2.51. The van der Waals surface area contributed by atoms with Crippen molar-refractivity contribution in [2.45, 2.75) is 40.2 Å². The Kier molecular flexibility index (Phi) is 6.92. The van der Waals surface area contributed by atoms with Crippen LogP contribution in [0.25, 0.3) is 0 Å². The van der Waals surface area contributed by atoms with E-state index in [4.69, 9.17) is 10.5 Å². The van der Waals surface area contributed by atoms with Crippen molar-refractivity contribution in [2.24, 2.45) is 11.1 Å². The highest BCUT2D eigenvalue weighted by atomic mass is 16.5. The molecule has 2 N–H and O–H groups in total. The molecule has 1 rings (SSSR count). The average Bonchev–Trinajstić information content (AvgIpc) is 2.80. The van der Waals surface area contributed by atoms with Crippen LogP contribution in [-0.2, 0) is 9.53 Å². The summed E-state index contributed by atoms with van der Waals surface area (Å²) in [5.41, 5.74) is 5.50. The summed E-state index contributed by atoms with van der Waals surface area (Å²) in [6.07, 6.45) is 1.01. The lowest BCUT2D eigenvalue weighted by Gasteiger charge is -2.33. The predicted molar refractivity (Wildman–Crippen MR) is 81.6 cm³/mol. The van der Waals surface area contributed by atoms with Crippen molar-refractivity contribution in [3.05, 3.63) is 0 Å². The molecule has 1 saturated heterocycles. The molecule has 1 heterocycles. The first kappa shape index (κ1) is 17.4. The molecule has 0 radical (unpaired) electrons. The molecule has 0 saturated carbocycles. The number of ether oxygens (including phenoxy) is 1. The molecule has 5 heteroatoms. The Bertz CT molecular complexity index is 307. The smallest absolute Gasteiger partial charge is 0.232 e. The van der Waals surface area contributed by atoms with E-state index in [2.05, 4.69) is 18.7 Å². The summed E-state index contributed by atoms with van der Waals surface area (Å²) in [5, 5.41) is 0. The van der Waals surface area contributed by atoms with Gasteiger partial charge in [0.15, 0.2) is 0 Å². The number of hydrogen-bond acceptors (Lipinski definition) is 4. The van der Waals surface area contributed by atoms with E-state index < -0.39 is 5.41 Å². The minimum absolute atomic E-state index is 0.143. The average molecular weight is 285 g/mol. The lowest BCUT2D eigenvalue weighted by molar-refractivity contribution is -0.141. The molecular formula is C15H31N3O2. The normalized spacial score (nSPS) is 26.2. The summed E-state index contributed by atoms with van der Waals surface area (Å²) in [4.78, 5) is 17.0. The van der Waals surface area contributed by atoms with E-state index in [1.165, 1.54) is 0 Å². The Labute approximate surface area is 123 Å². The highest BCUT2D eigenvalue weighted by Crippen LogP contribution is 2.29. The molecule has 0 aromatic rings. The van der Waals surface area contributed by atoms with Gasteiger partial charge in [0.1, 0.15) is 0 Å². The molecule has 2 atom stereocenters. The lowest BCUT2D eigenvalue weighted by atomic mass is 9.84. The van der Waals surface area contributed by atoms with Crippen LogP contribution in [-0.4, -0.2) is 67.7 Å². The third-order valence-corrected chi connectivity index (χ3v) is 4.47. The first-order valence-electron chi connectivity index (χ1n) is 7.84. The molecule has 1 fully saturated rings. The van der Waals surface area contributed by atoms with Crippen LogP contribution in [0.15, 0.2) is 0 Å². The fourth-order valence-electron chi connectivity index (χ4n) is 2.70. The Morgan fingerprint density at radius 3 is 2.35 bits per heavy atom.